The van der Waals surface area contributed by atoms with Gasteiger partial charge in [0.05, 0.1) is 27.9 Å². The second-order valence-corrected chi connectivity index (χ2v) is 9.48. The SMILES string of the molecule is Cc1sc(NC(=O)c2cc(-c3ccccc3)nc3c2c(C)nn3C)c(C(N)=O)c1-c1ccccc1. The molecule has 0 radical (unpaired) electrons. The number of pyridine rings is 1. The standard InChI is InChI=1S/C27H23N5O2S/c1-15-21-19(14-20(17-10-6-4-7-11-17)29-25(21)32(3)31-15)26(34)30-27-23(24(28)33)22(16(2)35-27)18-12-8-5-9-13-18/h4-14H,1-3H3,(H2,28,33)(H,30,34). The van der Waals surface area contributed by atoms with Gasteiger partial charge >= 0.3 is 0 Å². The average molecular weight is 482 g/mol. The maximum absolute atomic E-state index is 13.7. The summed E-state index contributed by atoms with van der Waals surface area (Å²) < 4.78 is 1.67. The van der Waals surface area contributed by atoms with Crippen LogP contribution in [0.25, 0.3) is 33.4 Å². The molecule has 5 aromatic rings. The number of thiophene rings is 1. The van der Waals surface area contributed by atoms with Gasteiger partial charge in [0.1, 0.15) is 5.00 Å². The van der Waals surface area contributed by atoms with Crippen LogP contribution in [0.2, 0.25) is 0 Å². The maximum Gasteiger partial charge on any atom is 0.257 e. The Bertz CT molecular complexity index is 1590. The number of hydrogen-bond acceptors (Lipinski definition) is 5. The van der Waals surface area contributed by atoms with Crippen LogP contribution in [0.1, 0.15) is 31.3 Å². The number of primary amides is 1. The zero-order valence-corrected chi connectivity index (χ0v) is 20.3. The first-order valence-corrected chi connectivity index (χ1v) is 11.9. The van der Waals surface area contributed by atoms with Crippen molar-refractivity contribution in [1.82, 2.24) is 14.8 Å². The minimum Gasteiger partial charge on any atom is -0.365 e. The molecule has 0 aliphatic rings. The number of amides is 2. The highest BCUT2D eigenvalue weighted by Crippen LogP contribution is 2.40. The smallest absolute Gasteiger partial charge is 0.257 e. The molecule has 2 amide bonds. The van der Waals surface area contributed by atoms with E-state index in [1.165, 1.54) is 11.3 Å². The summed E-state index contributed by atoms with van der Waals surface area (Å²) in [5, 5.41) is 8.53. The van der Waals surface area contributed by atoms with E-state index in [0.29, 0.717) is 38.5 Å². The van der Waals surface area contributed by atoms with Crippen molar-refractivity contribution in [3.05, 3.63) is 88.4 Å². The van der Waals surface area contributed by atoms with Crippen LogP contribution in [0.5, 0.6) is 0 Å². The molecule has 3 heterocycles. The molecule has 0 saturated carbocycles. The monoisotopic (exact) mass is 481 g/mol. The largest absolute Gasteiger partial charge is 0.365 e. The number of fused-ring (bicyclic) bond motifs is 1. The van der Waals surface area contributed by atoms with Gasteiger partial charge in [-0.05, 0) is 25.5 Å². The summed E-state index contributed by atoms with van der Waals surface area (Å²) in [5.41, 5.74) is 11.0. The molecule has 0 fully saturated rings. The Morgan fingerprint density at radius 1 is 0.971 bits per heavy atom. The van der Waals surface area contributed by atoms with E-state index < -0.39 is 5.91 Å². The van der Waals surface area contributed by atoms with Crippen LogP contribution in [0, 0.1) is 13.8 Å². The van der Waals surface area contributed by atoms with Crippen LogP contribution in [0.3, 0.4) is 0 Å². The number of rotatable bonds is 5. The summed E-state index contributed by atoms with van der Waals surface area (Å²) in [7, 11) is 1.80. The summed E-state index contributed by atoms with van der Waals surface area (Å²) >= 11 is 1.33. The molecule has 174 valence electrons. The topological polar surface area (TPSA) is 103 Å². The number of anilines is 1. The molecule has 0 spiro atoms. The van der Waals surface area contributed by atoms with Crippen LogP contribution >= 0.6 is 11.3 Å². The third-order valence-corrected chi connectivity index (χ3v) is 6.92. The molecule has 0 atom stereocenters. The van der Waals surface area contributed by atoms with Crippen molar-refractivity contribution in [1.29, 1.82) is 0 Å². The van der Waals surface area contributed by atoms with E-state index in [9.17, 15) is 9.59 Å². The Balaban J connectivity index is 1.64. The molecule has 0 aliphatic heterocycles. The molecule has 8 heteroatoms. The predicted molar refractivity (Wildman–Crippen MR) is 140 cm³/mol. The lowest BCUT2D eigenvalue weighted by molar-refractivity contribution is 0.100. The fraction of sp³-hybridized carbons (Fsp3) is 0.111. The summed E-state index contributed by atoms with van der Waals surface area (Å²) in [6.07, 6.45) is 0. The Hall–Kier alpha value is -4.30. The van der Waals surface area contributed by atoms with Gasteiger partial charge in [-0.3, -0.25) is 14.3 Å². The van der Waals surface area contributed by atoms with E-state index in [0.717, 1.165) is 21.6 Å². The van der Waals surface area contributed by atoms with Crippen LogP contribution in [0.15, 0.2) is 66.7 Å². The number of nitrogens with two attached hydrogens (primary N) is 1. The van der Waals surface area contributed by atoms with Gasteiger partial charge in [-0.25, -0.2) is 4.98 Å². The van der Waals surface area contributed by atoms with Gasteiger partial charge in [0.15, 0.2) is 5.65 Å². The quantitative estimate of drug-likeness (QED) is 0.354. The van der Waals surface area contributed by atoms with Gasteiger partial charge in [0.25, 0.3) is 11.8 Å². The maximum atomic E-state index is 13.7. The van der Waals surface area contributed by atoms with E-state index in [1.807, 2.05) is 74.5 Å². The number of nitrogens with one attached hydrogen (secondary N) is 1. The van der Waals surface area contributed by atoms with E-state index in [4.69, 9.17) is 10.7 Å². The summed E-state index contributed by atoms with van der Waals surface area (Å²) in [4.78, 5) is 31.9. The summed E-state index contributed by atoms with van der Waals surface area (Å²) in [6.45, 7) is 3.76. The Morgan fingerprint density at radius 2 is 1.60 bits per heavy atom. The fourth-order valence-corrected chi connectivity index (χ4v) is 5.45. The third-order valence-electron chi connectivity index (χ3n) is 5.90. The number of benzene rings is 2. The number of carbonyl (C=O) groups excluding carboxylic acids is 2. The van der Waals surface area contributed by atoms with Gasteiger partial charge in [-0.1, -0.05) is 60.7 Å². The highest BCUT2D eigenvalue weighted by atomic mass is 32.1. The number of nitrogens with zero attached hydrogens (tertiary/aromatic N) is 3. The molecule has 5 rings (SSSR count). The normalized spacial score (nSPS) is 11.1. The number of carbonyl (C=O) groups is 2. The van der Waals surface area contributed by atoms with Gasteiger partial charge in [0, 0.05) is 23.1 Å². The van der Waals surface area contributed by atoms with Gasteiger partial charge < -0.3 is 11.1 Å². The van der Waals surface area contributed by atoms with E-state index in [1.54, 1.807) is 17.8 Å². The first kappa shape index (κ1) is 22.5. The molecular formula is C27H23N5O2S. The number of hydrogen-bond donors (Lipinski definition) is 2. The fourth-order valence-electron chi connectivity index (χ4n) is 4.37. The lowest BCUT2D eigenvalue weighted by Crippen LogP contribution is -2.18. The highest BCUT2D eigenvalue weighted by molar-refractivity contribution is 7.17. The zero-order chi connectivity index (χ0) is 24.7. The lowest BCUT2D eigenvalue weighted by Gasteiger charge is -2.10. The van der Waals surface area contributed by atoms with Crippen molar-refractivity contribution in [2.45, 2.75) is 13.8 Å². The molecule has 7 nitrogen and oxygen atoms in total. The first-order valence-electron chi connectivity index (χ1n) is 11.0. The second kappa shape index (κ2) is 8.81. The molecular weight excluding hydrogens is 458 g/mol. The minimum absolute atomic E-state index is 0.309. The van der Waals surface area contributed by atoms with E-state index in [2.05, 4.69) is 10.4 Å². The Labute approximate surface area is 206 Å². The predicted octanol–water partition coefficient (Wildman–Crippen LogP) is 5.33. The molecule has 35 heavy (non-hydrogen) atoms. The van der Waals surface area contributed by atoms with Crippen molar-refractivity contribution < 1.29 is 9.59 Å². The molecule has 0 bridgehead atoms. The van der Waals surface area contributed by atoms with Crippen LogP contribution in [-0.2, 0) is 7.05 Å². The minimum atomic E-state index is -0.592. The second-order valence-electron chi connectivity index (χ2n) is 8.25. The van der Waals surface area contributed by atoms with Crippen LogP contribution in [-0.4, -0.2) is 26.6 Å². The van der Waals surface area contributed by atoms with Crippen molar-refractivity contribution >= 4 is 39.2 Å². The summed E-state index contributed by atoms with van der Waals surface area (Å²) in [6, 6.07) is 21.0. The highest BCUT2D eigenvalue weighted by Gasteiger charge is 2.25. The van der Waals surface area contributed by atoms with Gasteiger partial charge in [-0.2, -0.15) is 5.10 Å². The van der Waals surface area contributed by atoms with E-state index in [-0.39, 0.29) is 5.91 Å². The van der Waals surface area contributed by atoms with Crippen molar-refractivity contribution in [2.24, 2.45) is 12.8 Å². The van der Waals surface area contributed by atoms with Crippen molar-refractivity contribution in [3.63, 3.8) is 0 Å². The van der Waals surface area contributed by atoms with Gasteiger partial charge in [-0.15, -0.1) is 11.3 Å². The average Bonchev–Trinajstić information content (AvgIpc) is 3.34. The van der Waals surface area contributed by atoms with Crippen LogP contribution in [0.4, 0.5) is 5.00 Å². The molecule has 3 N–H and O–H groups in total. The van der Waals surface area contributed by atoms with E-state index >= 15 is 0 Å². The number of aromatic nitrogens is 3. The third kappa shape index (κ3) is 3.98. The van der Waals surface area contributed by atoms with Gasteiger partial charge in [0.2, 0.25) is 0 Å². The Kier molecular flexibility index (Phi) is 5.66. The molecule has 3 aromatic heterocycles. The zero-order valence-electron chi connectivity index (χ0n) is 19.5. The number of aryl methyl sites for hydroxylation is 3. The Morgan fingerprint density at radius 3 is 2.23 bits per heavy atom. The molecule has 0 saturated heterocycles. The molecule has 0 aliphatic carbocycles. The summed E-state index contributed by atoms with van der Waals surface area (Å²) in [5.74, 6) is -0.944. The van der Waals surface area contributed by atoms with Crippen molar-refractivity contribution in [2.75, 3.05) is 5.32 Å². The van der Waals surface area contributed by atoms with Crippen LogP contribution < -0.4 is 11.1 Å². The molecule has 2 aromatic carbocycles. The van der Waals surface area contributed by atoms with Crippen molar-refractivity contribution in [3.8, 4) is 22.4 Å². The molecule has 0 unspecified atom stereocenters. The first-order chi connectivity index (χ1) is 16.8. The lowest BCUT2D eigenvalue weighted by atomic mass is 10.0.